The van der Waals surface area contributed by atoms with Crippen molar-refractivity contribution in [2.24, 2.45) is 0 Å². The summed E-state index contributed by atoms with van der Waals surface area (Å²) in [6.07, 6.45) is 4.41. The number of pyridine rings is 1. The lowest BCUT2D eigenvalue weighted by molar-refractivity contribution is 0.0985. The molecular weight excluding hydrogens is 470 g/mol. The van der Waals surface area contributed by atoms with Crippen molar-refractivity contribution in [3.8, 4) is 5.75 Å². The lowest BCUT2D eigenvalue weighted by Crippen LogP contribution is -2.30. The van der Waals surface area contributed by atoms with Crippen LogP contribution in [0.4, 0.5) is 5.13 Å². The van der Waals surface area contributed by atoms with Gasteiger partial charge in [0, 0.05) is 24.2 Å². The van der Waals surface area contributed by atoms with Gasteiger partial charge in [0.2, 0.25) is 0 Å². The fourth-order valence-corrected chi connectivity index (χ4v) is 5.06. The Morgan fingerprint density at radius 3 is 2.69 bits per heavy atom. The van der Waals surface area contributed by atoms with Crippen LogP contribution in [0, 0.1) is 0 Å². The Hall–Kier alpha value is -3.01. The Morgan fingerprint density at radius 1 is 1.19 bits per heavy atom. The number of anilines is 1. The highest BCUT2D eigenvalue weighted by molar-refractivity contribution is 7.90. The first-order valence-corrected chi connectivity index (χ1v) is 12.5. The van der Waals surface area contributed by atoms with Crippen molar-refractivity contribution in [3.05, 3.63) is 77.1 Å². The molecule has 0 atom stereocenters. The largest absolute Gasteiger partial charge is 0.494 e. The van der Waals surface area contributed by atoms with Crippen molar-refractivity contribution in [1.29, 1.82) is 0 Å². The van der Waals surface area contributed by atoms with Crippen LogP contribution in [0.2, 0.25) is 5.02 Å². The van der Waals surface area contributed by atoms with Crippen LogP contribution in [0.25, 0.3) is 10.2 Å². The summed E-state index contributed by atoms with van der Waals surface area (Å²) in [5, 5.41) is 0.905. The molecule has 0 aliphatic rings. The topological polar surface area (TPSA) is 89.5 Å². The summed E-state index contributed by atoms with van der Waals surface area (Å²) in [5.74, 6) is 0.147. The molecule has 2 heterocycles. The van der Waals surface area contributed by atoms with Crippen LogP contribution in [0.1, 0.15) is 15.9 Å². The molecule has 2 aromatic heterocycles. The molecule has 4 aromatic rings. The number of rotatable bonds is 6. The molecular formula is C22H18ClN3O4S2. The molecule has 0 aliphatic heterocycles. The van der Waals surface area contributed by atoms with E-state index < -0.39 is 15.7 Å². The minimum atomic E-state index is -3.47. The number of ether oxygens (including phenoxy) is 1. The van der Waals surface area contributed by atoms with Gasteiger partial charge in [-0.2, -0.15) is 0 Å². The fraction of sp³-hybridized carbons (Fsp3) is 0.136. The third-order valence-electron chi connectivity index (χ3n) is 4.72. The Bertz CT molecular complexity index is 1410. The summed E-state index contributed by atoms with van der Waals surface area (Å²) in [7, 11) is -1.93. The van der Waals surface area contributed by atoms with Gasteiger partial charge in [0.05, 0.1) is 28.3 Å². The number of carbonyl (C=O) groups is 1. The van der Waals surface area contributed by atoms with Crippen LogP contribution >= 0.6 is 22.9 Å². The molecule has 0 bridgehead atoms. The van der Waals surface area contributed by atoms with Crippen LogP contribution < -0.4 is 9.64 Å². The number of thiazole rings is 1. The van der Waals surface area contributed by atoms with Gasteiger partial charge in [-0.1, -0.05) is 35.1 Å². The summed E-state index contributed by atoms with van der Waals surface area (Å²) in [5.41, 5.74) is 1.57. The molecule has 7 nitrogen and oxygen atoms in total. The van der Waals surface area contributed by atoms with Crippen molar-refractivity contribution >= 4 is 54.0 Å². The average Bonchev–Trinajstić information content (AvgIpc) is 3.24. The lowest BCUT2D eigenvalue weighted by Gasteiger charge is -2.20. The van der Waals surface area contributed by atoms with E-state index in [1.165, 1.54) is 35.5 Å². The average molecular weight is 488 g/mol. The number of nitrogens with zero attached hydrogens (tertiary/aromatic N) is 3. The number of hydrogen-bond acceptors (Lipinski definition) is 7. The predicted octanol–water partition coefficient (Wildman–Crippen LogP) is 4.60. The Balaban J connectivity index is 1.84. The zero-order valence-electron chi connectivity index (χ0n) is 17.1. The number of halogens is 1. The second-order valence-electron chi connectivity index (χ2n) is 6.98. The SMILES string of the molecule is COc1ccc(Cl)c2sc(N(Cc3cccnc3)C(=O)c3cccc(S(C)(=O)=O)c3)nc12. The first kappa shape index (κ1) is 22.2. The fourth-order valence-electron chi connectivity index (χ4n) is 3.14. The zero-order chi connectivity index (χ0) is 22.9. The van der Waals surface area contributed by atoms with Gasteiger partial charge in [0.25, 0.3) is 5.91 Å². The normalized spacial score (nSPS) is 11.5. The molecule has 164 valence electrons. The minimum absolute atomic E-state index is 0.0682. The van der Waals surface area contributed by atoms with Gasteiger partial charge in [0.1, 0.15) is 11.3 Å². The summed E-state index contributed by atoms with van der Waals surface area (Å²) in [4.78, 5) is 23.9. The van der Waals surface area contributed by atoms with E-state index >= 15 is 0 Å². The molecule has 4 rings (SSSR count). The third-order valence-corrected chi connectivity index (χ3v) is 7.36. The maximum absolute atomic E-state index is 13.6. The highest BCUT2D eigenvalue weighted by Crippen LogP contribution is 2.39. The Kier molecular flexibility index (Phi) is 6.14. The van der Waals surface area contributed by atoms with Gasteiger partial charge in [-0.05, 0) is 42.0 Å². The number of sulfone groups is 1. The number of carbonyl (C=O) groups excluding carboxylic acids is 1. The van der Waals surface area contributed by atoms with Gasteiger partial charge < -0.3 is 4.74 Å². The number of amides is 1. The van der Waals surface area contributed by atoms with E-state index in [4.69, 9.17) is 16.3 Å². The number of fused-ring (bicyclic) bond motifs is 1. The second kappa shape index (κ2) is 8.85. The highest BCUT2D eigenvalue weighted by Gasteiger charge is 2.24. The molecule has 32 heavy (non-hydrogen) atoms. The Morgan fingerprint density at radius 2 is 2.00 bits per heavy atom. The summed E-state index contributed by atoms with van der Waals surface area (Å²) < 4.78 is 30.1. The molecule has 0 N–H and O–H groups in total. The van der Waals surface area contributed by atoms with Crippen molar-refractivity contribution in [2.75, 3.05) is 18.3 Å². The quantitative estimate of drug-likeness (QED) is 0.394. The minimum Gasteiger partial charge on any atom is -0.494 e. The summed E-state index contributed by atoms with van der Waals surface area (Å²) in [6.45, 7) is 0.190. The number of aromatic nitrogens is 2. The van der Waals surface area contributed by atoms with Crippen molar-refractivity contribution < 1.29 is 17.9 Å². The van der Waals surface area contributed by atoms with Gasteiger partial charge in [0.15, 0.2) is 15.0 Å². The zero-order valence-corrected chi connectivity index (χ0v) is 19.5. The molecule has 0 unspecified atom stereocenters. The summed E-state index contributed by atoms with van der Waals surface area (Å²) in [6, 6.07) is 13.0. The van der Waals surface area contributed by atoms with Gasteiger partial charge in [-0.25, -0.2) is 13.4 Å². The third kappa shape index (κ3) is 4.45. The van der Waals surface area contributed by atoms with Crippen LogP contribution in [0.3, 0.4) is 0 Å². The first-order chi connectivity index (χ1) is 15.3. The standard InChI is InChI=1S/C22H18ClN3O4S2/c1-30-18-9-8-17(23)20-19(18)25-22(31-20)26(13-14-5-4-10-24-12-14)21(27)15-6-3-7-16(11-15)32(2,28)29/h3-12H,13H2,1-2H3. The number of benzene rings is 2. The van der Waals surface area contributed by atoms with Crippen molar-refractivity contribution in [2.45, 2.75) is 11.4 Å². The van der Waals surface area contributed by atoms with Crippen LogP contribution in [-0.4, -0.2) is 37.7 Å². The first-order valence-electron chi connectivity index (χ1n) is 9.42. The number of hydrogen-bond donors (Lipinski definition) is 0. The predicted molar refractivity (Wildman–Crippen MR) is 125 cm³/mol. The van der Waals surface area contributed by atoms with E-state index in [0.29, 0.717) is 26.1 Å². The van der Waals surface area contributed by atoms with E-state index in [1.807, 2.05) is 6.07 Å². The lowest BCUT2D eigenvalue weighted by atomic mass is 10.2. The monoisotopic (exact) mass is 487 g/mol. The van der Waals surface area contributed by atoms with E-state index in [9.17, 15) is 13.2 Å². The molecule has 2 aromatic carbocycles. The van der Waals surface area contributed by atoms with E-state index in [-0.39, 0.29) is 17.0 Å². The molecule has 0 radical (unpaired) electrons. The van der Waals surface area contributed by atoms with Crippen LogP contribution in [-0.2, 0) is 16.4 Å². The molecule has 0 fully saturated rings. The van der Waals surface area contributed by atoms with E-state index in [2.05, 4.69) is 9.97 Å². The van der Waals surface area contributed by atoms with Crippen LogP contribution in [0.5, 0.6) is 5.75 Å². The van der Waals surface area contributed by atoms with Gasteiger partial charge >= 0.3 is 0 Å². The molecule has 0 aliphatic carbocycles. The van der Waals surface area contributed by atoms with Gasteiger partial charge in [-0.15, -0.1) is 0 Å². The molecule has 1 amide bonds. The summed E-state index contributed by atoms with van der Waals surface area (Å²) >= 11 is 7.62. The highest BCUT2D eigenvalue weighted by atomic mass is 35.5. The molecule has 10 heteroatoms. The van der Waals surface area contributed by atoms with E-state index in [0.717, 1.165) is 11.8 Å². The second-order valence-corrected chi connectivity index (χ2v) is 10.4. The van der Waals surface area contributed by atoms with Crippen molar-refractivity contribution in [1.82, 2.24) is 9.97 Å². The van der Waals surface area contributed by atoms with Crippen LogP contribution in [0.15, 0.2) is 65.8 Å². The molecule has 0 spiro atoms. The van der Waals surface area contributed by atoms with Crippen molar-refractivity contribution in [3.63, 3.8) is 0 Å². The molecule has 0 saturated heterocycles. The smallest absolute Gasteiger partial charge is 0.260 e. The van der Waals surface area contributed by atoms with E-state index in [1.54, 1.807) is 42.7 Å². The maximum Gasteiger partial charge on any atom is 0.260 e. The number of methoxy groups -OCH3 is 1. The molecule has 0 saturated carbocycles. The maximum atomic E-state index is 13.6. The Labute approximate surface area is 194 Å². The van der Waals surface area contributed by atoms with Gasteiger partial charge in [-0.3, -0.25) is 14.7 Å².